The van der Waals surface area contributed by atoms with E-state index in [1.54, 1.807) is 6.07 Å². The molecule has 0 bridgehead atoms. The van der Waals surface area contributed by atoms with E-state index in [1.807, 2.05) is 0 Å². The molecule has 2 aliphatic carbocycles. The highest BCUT2D eigenvalue weighted by molar-refractivity contribution is 5.96. The molecule has 0 radical (unpaired) electrons. The first-order valence-corrected chi connectivity index (χ1v) is 7.52. The lowest BCUT2D eigenvalue weighted by Crippen LogP contribution is -2.56. The predicted molar refractivity (Wildman–Crippen MR) is 73.8 cm³/mol. The smallest absolute Gasteiger partial charge is 0.331 e. The molecule has 3 rings (SSSR count). The summed E-state index contributed by atoms with van der Waals surface area (Å²) >= 11 is 0. The monoisotopic (exact) mass is 292 g/mol. The van der Waals surface area contributed by atoms with Gasteiger partial charge in [0.25, 0.3) is 5.91 Å². The third-order valence-corrected chi connectivity index (χ3v) is 4.38. The lowest BCUT2D eigenvalue weighted by molar-refractivity contribution is -0.149. The number of aromatic nitrogens is 1. The van der Waals surface area contributed by atoms with Crippen LogP contribution in [0, 0.1) is 0 Å². The Bertz CT molecular complexity index is 542. The Labute approximate surface area is 123 Å². The normalized spacial score (nSPS) is 20.8. The molecule has 6 heteroatoms. The molecule has 2 fully saturated rings. The van der Waals surface area contributed by atoms with Gasteiger partial charge in [0.05, 0.1) is 7.11 Å². The van der Waals surface area contributed by atoms with E-state index in [1.165, 1.54) is 7.11 Å². The molecule has 1 amide bonds. The first-order valence-electron chi connectivity index (χ1n) is 7.52. The number of amides is 1. The number of nitrogens with zero attached hydrogens (tertiary/aromatic N) is 1. The van der Waals surface area contributed by atoms with Crippen molar-refractivity contribution in [3.05, 3.63) is 17.5 Å². The van der Waals surface area contributed by atoms with Gasteiger partial charge in [-0.1, -0.05) is 24.4 Å². The van der Waals surface area contributed by atoms with Crippen molar-refractivity contribution < 1.29 is 18.8 Å². The third kappa shape index (κ3) is 2.80. The van der Waals surface area contributed by atoms with Crippen LogP contribution in [-0.4, -0.2) is 29.7 Å². The van der Waals surface area contributed by atoms with Gasteiger partial charge in [-0.05, 0) is 25.7 Å². The van der Waals surface area contributed by atoms with Crippen LogP contribution in [0.5, 0.6) is 0 Å². The van der Waals surface area contributed by atoms with Gasteiger partial charge in [-0.2, -0.15) is 0 Å². The van der Waals surface area contributed by atoms with E-state index in [4.69, 9.17) is 9.26 Å². The maximum atomic E-state index is 12.4. The van der Waals surface area contributed by atoms with Gasteiger partial charge < -0.3 is 14.6 Å². The van der Waals surface area contributed by atoms with Gasteiger partial charge in [0.2, 0.25) is 0 Å². The van der Waals surface area contributed by atoms with Crippen molar-refractivity contribution in [2.24, 2.45) is 0 Å². The van der Waals surface area contributed by atoms with Gasteiger partial charge in [0.15, 0.2) is 5.69 Å². The summed E-state index contributed by atoms with van der Waals surface area (Å²) in [7, 11) is 1.35. The second-order valence-corrected chi connectivity index (χ2v) is 5.98. The third-order valence-electron chi connectivity index (χ3n) is 4.38. The van der Waals surface area contributed by atoms with Crippen LogP contribution in [-0.2, 0) is 9.53 Å². The van der Waals surface area contributed by atoms with E-state index in [0.29, 0.717) is 18.8 Å². The first-order chi connectivity index (χ1) is 10.1. The lowest BCUT2D eigenvalue weighted by Gasteiger charge is -2.34. The summed E-state index contributed by atoms with van der Waals surface area (Å²) in [6.45, 7) is 0. The number of esters is 1. The minimum atomic E-state index is -0.914. The molecule has 1 aromatic rings. The maximum absolute atomic E-state index is 12.4. The molecule has 2 aliphatic rings. The predicted octanol–water partition coefficient (Wildman–Crippen LogP) is 2.16. The van der Waals surface area contributed by atoms with Gasteiger partial charge in [0, 0.05) is 12.0 Å². The number of carbonyl (C=O) groups is 2. The van der Waals surface area contributed by atoms with Gasteiger partial charge in [0.1, 0.15) is 11.3 Å². The van der Waals surface area contributed by atoms with Gasteiger partial charge in [-0.25, -0.2) is 4.79 Å². The Kier molecular flexibility index (Phi) is 3.69. The van der Waals surface area contributed by atoms with Crippen molar-refractivity contribution in [2.45, 2.75) is 56.4 Å². The number of nitrogens with one attached hydrogen (secondary N) is 1. The van der Waals surface area contributed by atoms with Crippen molar-refractivity contribution >= 4 is 11.9 Å². The Morgan fingerprint density at radius 3 is 2.67 bits per heavy atom. The second kappa shape index (κ2) is 5.50. The number of carbonyl (C=O) groups excluding carboxylic acids is 2. The maximum Gasteiger partial charge on any atom is 0.331 e. The van der Waals surface area contributed by atoms with Crippen LogP contribution in [0.4, 0.5) is 0 Å². The lowest BCUT2D eigenvalue weighted by atomic mass is 9.81. The first kappa shape index (κ1) is 14.1. The summed E-state index contributed by atoms with van der Waals surface area (Å²) in [5.74, 6) is 0.429. The summed E-state index contributed by atoms with van der Waals surface area (Å²) in [6.07, 6.45) is 6.27. The zero-order chi connectivity index (χ0) is 14.9. The number of ether oxygens (including phenoxy) is 1. The molecule has 1 N–H and O–H groups in total. The fourth-order valence-corrected chi connectivity index (χ4v) is 2.97. The Morgan fingerprint density at radius 1 is 1.33 bits per heavy atom. The quantitative estimate of drug-likeness (QED) is 0.860. The van der Waals surface area contributed by atoms with Gasteiger partial charge >= 0.3 is 5.97 Å². The molecule has 6 nitrogen and oxygen atoms in total. The molecule has 1 heterocycles. The van der Waals surface area contributed by atoms with E-state index < -0.39 is 5.54 Å². The molecule has 0 spiro atoms. The average Bonchev–Trinajstić information content (AvgIpc) is 3.24. The highest BCUT2D eigenvalue weighted by atomic mass is 16.5. The fraction of sp³-hybridized carbons (Fsp3) is 0.667. The van der Waals surface area contributed by atoms with Gasteiger partial charge in [-0.15, -0.1) is 0 Å². The minimum absolute atomic E-state index is 0.241. The summed E-state index contributed by atoms with van der Waals surface area (Å²) in [5.41, 5.74) is -0.672. The molecule has 0 saturated heterocycles. The molecular formula is C15H20N2O4. The highest BCUT2D eigenvalue weighted by Gasteiger charge is 2.42. The van der Waals surface area contributed by atoms with Crippen LogP contribution in [0.15, 0.2) is 10.6 Å². The van der Waals surface area contributed by atoms with Crippen LogP contribution in [0.25, 0.3) is 0 Å². The van der Waals surface area contributed by atoms with Crippen LogP contribution >= 0.6 is 0 Å². The standard InChI is InChI=1S/C15H20N2O4/c1-20-14(19)15(7-3-2-4-8-15)16-13(18)11-9-12(21-17-11)10-5-6-10/h9-10H,2-8H2,1H3,(H,16,18). The van der Waals surface area contributed by atoms with E-state index in [2.05, 4.69) is 10.5 Å². The summed E-state index contributed by atoms with van der Waals surface area (Å²) in [5, 5.41) is 6.66. The minimum Gasteiger partial charge on any atom is -0.467 e. The van der Waals surface area contributed by atoms with Crippen LogP contribution in [0.2, 0.25) is 0 Å². The molecule has 2 saturated carbocycles. The zero-order valence-corrected chi connectivity index (χ0v) is 12.2. The summed E-state index contributed by atoms with van der Waals surface area (Å²) in [6, 6.07) is 1.68. The number of methoxy groups -OCH3 is 1. The fourth-order valence-electron chi connectivity index (χ4n) is 2.97. The molecule has 0 unspecified atom stereocenters. The SMILES string of the molecule is COC(=O)C1(NC(=O)c2cc(C3CC3)on2)CCCCC1. The number of rotatable bonds is 4. The molecule has 0 aliphatic heterocycles. The van der Waals surface area contributed by atoms with E-state index in [9.17, 15) is 9.59 Å². The van der Waals surface area contributed by atoms with Crippen LogP contribution < -0.4 is 5.32 Å². The molecular weight excluding hydrogens is 272 g/mol. The van der Waals surface area contributed by atoms with Crippen molar-refractivity contribution in [1.82, 2.24) is 10.5 Å². The van der Waals surface area contributed by atoms with Crippen molar-refractivity contribution in [1.29, 1.82) is 0 Å². The van der Waals surface area contributed by atoms with E-state index in [-0.39, 0.29) is 17.6 Å². The Hall–Kier alpha value is -1.85. The molecule has 0 aromatic carbocycles. The molecule has 1 aromatic heterocycles. The highest BCUT2D eigenvalue weighted by Crippen LogP contribution is 2.40. The largest absolute Gasteiger partial charge is 0.467 e. The summed E-state index contributed by atoms with van der Waals surface area (Å²) < 4.78 is 10.1. The average molecular weight is 292 g/mol. The zero-order valence-electron chi connectivity index (χ0n) is 12.2. The number of hydrogen-bond donors (Lipinski definition) is 1. The van der Waals surface area contributed by atoms with Crippen LogP contribution in [0.3, 0.4) is 0 Å². The Balaban J connectivity index is 1.74. The number of hydrogen-bond acceptors (Lipinski definition) is 5. The van der Waals surface area contributed by atoms with Gasteiger partial charge in [-0.3, -0.25) is 4.79 Å². The van der Waals surface area contributed by atoms with E-state index in [0.717, 1.165) is 37.9 Å². The molecule has 0 atom stereocenters. The van der Waals surface area contributed by atoms with Crippen LogP contribution in [0.1, 0.15) is 67.1 Å². The van der Waals surface area contributed by atoms with Crippen molar-refractivity contribution in [3.8, 4) is 0 Å². The Morgan fingerprint density at radius 2 is 2.05 bits per heavy atom. The topological polar surface area (TPSA) is 81.4 Å². The molecule has 21 heavy (non-hydrogen) atoms. The molecule has 114 valence electrons. The summed E-state index contributed by atoms with van der Waals surface area (Å²) in [4.78, 5) is 24.5. The van der Waals surface area contributed by atoms with Crippen molar-refractivity contribution in [3.63, 3.8) is 0 Å². The van der Waals surface area contributed by atoms with E-state index >= 15 is 0 Å². The van der Waals surface area contributed by atoms with Crippen molar-refractivity contribution in [2.75, 3.05) is 7.11 Å². The second-order valence-electron chi connectivity index (χ2n) is 5.98.